The predicted molar refractivity (Wildman–Crippen MR) is 55.5 cm³/mol. The van der Waals surface area contributed by atoms with Gasteiger partial charge in [0.1, 0.15) is 0 Å². The summed E-state index contributed by atoms with van der Waals surface area (Å²) in [5.74, 6) is 0. The molecule has 2 heteroatoms. The van der Waals surface area contributed by atoms with Gasteiger partial charge in [0.15, 0.2) is 0 Å². The van der Waals surface area contributed by atoms with Crippen LogP contribution in [0.15, 0.2) is 18.2 Å². The Balaban J connectivity index is 2.42. The Labute approximate surface area is 79.4 Å². The fraction of sp³-hybridized carbons (Fsp3) is 0.455. The fourth-order valence-corrected chi connectivity index (χ4v) is 1.93. The Morgan fingerprint density at radius 2 is 2.23 bits per heavy atom. The van der Waals surface area contributed by atoms with Crippen LogP contribution in [0.25, 0.3) is 0 Å². The maximum absolute atomic E-state index is 5.93. The van der Waals surface area contributed by atoms with E-state index in [1.54, 1.807) is 0 Å². The number of hydrogen-bond donors (Lipinski definition) is 1. The number of likely N-dealkylation sites (N-methyl/N-ethyl adjacent to an activating group) is 1. The van der Waals surface area contributed by atoms with E-state index in [1.165, 1.54) is 11.1 Å². The van der Waals surface area contributed by atoms with Crippen molar-refractivity contribution in [3.8, 4) is 0 Å². The highest BCUT2D eigenvalue weighted by atomic mass is 15.1. The van der Waals surface area contributed by atoms with E-state index in [9.17, 15) is 0 Å². The number of nitrogen functional groups attached to an aromatic ring is 1. The molecule has 2 nitrogen and oxygen atoms in total. The van der Waals surface area contributed by atoms with E-state index in [1.807, 2.05) is 12.1 Å². The number of rotatable bonds is 0. The van der Waals surface area contributed by atoms with Crippen LogP contribution >= 0.6 is 0 Å². The van der Waals surface area contributed by atoms with E-state index in [2.05, 4.69) is 24.9 Å². The van der Waals surface area contributed by atoms with Gasteiger partial charge in [0.05, 0.1) is 0 Å². The van der Waals surface area contributed by atoms with Gasteiger partial charge in [-0.15, -0.1) is 0 Å². The molecule has 0 saturated carbocycles. The maximum atomic E-state index is 5.93. The molecule has 0 saturated heterocycles. The molecule has 0 aromatic heterocycles. The molecule has 0 fully saturated rings. The van der Waals surface area contributed by atoms with Crippen molar-refractivity contribution in [2.24, 2.45) is 0 Å². The third-order valence-electron chi connectivity index (χ3n) is 2.98. The minimum Gasteiger partial charge on any atom is -0.398 e. The summed E-state index contributed by atoms with van der Waals surface area (Å²) < 4.78 is 0. The number of fused-ring (bicyclic) bond motifs is 1. The van der Waals surface area contributed by atoms with Gasteiger partial charge in [-0.25, -0.2) is 0 Å². The SMILES string of the molecule is CC1Cc2c(N)cccc2CN1C. The van der Waals surface area contributed by atoms with Crippen molar-refractivity contribution in [2.45, 2.75) is 25.9 Å². The maximum Gasteiger partial charge on any atom is 0.0350 e. The molecule has 0 radical (unpaired) electrons. The molecule has 2 rings (SSSR count). The molecule has 1 heterocycles. The zero-order valence-corrected chi connectivity index (χ0v) is 8.25. The third kappa shape index (κ3) is 1.42. The molecule has 2 N–H and O–H groups in total. The van der Waals surface area contributed by atoms with Gasteiger partial charge >= 0.3 is 0 Å². The largest absolute Gasteiger partial charge is 0.398 e. The molecular weight excluding hydrogens is 160 g/mol. The van der Waals surface area contributed by atoms with Crippen LogP contribution in [0.2, 0.25) is 0 Å². The predicted octanol–water partition coefficient (Wildman–Crippen LogP) is 1.65. The van der Waals surface area contributed by atoms with Crippen molar-refractivity contribution in [3.05, 3.63) is 29.3 Å². The molecule has 1 aromatic carbocycles. The van der Waals surface area contributed by atoms with Crippen LogP contribution < -0.4 is 5.73 Å². The van der Waals surface area contributed by atoms with E-state index in [4.69, 9.17) is 5.73 Å². The van der Waals surface area contributed by atoms with Crippen LogP contribution in [-0.4, -0.2) is 18.0 Å². The van der Waals surface area contributed by atoms with Crippen LogP contribution in [0.5, 0.6) is 0 Å². The van der Waals surface area contributed by atoms with Gasteiger partial charge in [-0.05, 0) is 37.6 Å². The minimum absolute atomic E-state index is 0.609. The van der Waals surface area contributed by atoms with Crippen LogP contribution in [-0.2, 0) is 13.0 Å². The zero-order chi connectivity index (χ0) is 9.42. The standard InChI is InChI=1S/C11H16N2/c1-8-6-10-9(7-13(8)2)4-3-5-11(10)12/h3-5,8H,6-7,12H2,1-2H3. The van der Waals surface area contributed by atoms with E-state index in [-0.39, 0.29) is 0 Å². The number of hydrogen-bond acceptors (Lipinski definition) is 2. The van der Waals surface area contributed by atoms with Crippen molar-refractivity contribution in [1.82, 2.24) is 4.90 Å². The van der Waals surface area contributed by atoms with E-state index in [0.29, 0.717) is 6.04 Å². The summed E-state index contributed by atoms with van der Waals surface area (Å²) in [5, 5.41) is 0. The second-order valence-electron chi connectivity index (χ2n) is 3.95. The average molecular weight is 176 g/mol. The van der Waals surface area contributed by atoms with Crippen molar-refractivity contribution in [2.75, 3.05) is 12.8 Å². The smallest absolute Gasteiger partial charge is 0.0350 e. The topological polar surface area (TPSA) is 29.3 Å². The summed E-state index contributed by atoms with van der Waals surface area (Å²) >= 11 is 0. The molecule has 1 unspecified atom stereocenters. The Bertz CT molecular complexity index is 320. The summed E-state index contributed by atoms with van der Waals surface area (Å²) in [6.45, 7) is 3.27. The second-order valence-corrected chi connectivity index (χ2v) is 3.95. The Hall–Kier alpha value is -1.02. The lowest BCUT2D eigenvalue weighted by molar-refractivity contribution is 0.231. The summed E-state index contributed by atoms with van der Waals surface area (Å²) in [5.41, 5.74) is 9.63. The number of anilines is 1. The van der Waals surface area contributed by atoms with Crippen LogP contribution in [0.1, 0.15) is 18.1 Å². The number of nitrogens with two attached hydrogens (primary N) is 1. The van der Waals surface area contributed by atoms with E-state index in [0.717, 1.165) is 18.7 Å². The number of benzene rings is 1. The first kappa shape index (κ1) is 8.57. The van der Waals surface area contributed by atoms with Crippen molar-refractivity contribution >= 4 is 5.69 Å². The van der Waals surface area contributed by atoms with Gasteiger partial charge in [-0.1, -0.05) is 12.1 Å². The lowest BCUT2D eigenvalue weighted by Gasteiger charge is -2.32. The van der Waals surface area contributed by atoms with Gasteiger partial charge in [0.2, 0.25) is 0 Å². The lowest BCUT2D eigenvalue weighted by atomic mass is 9.94. The number of nitrogens with zero attached hydrogens (tertiary/aromatic N) is 1. The summed E-state index contributed by atoms with van der Waals surface area (Å²) in [6.07, 6.45) is 1.08. The van der Waals surface area contributed by atoms with Crippen LogP contribution in [0.3, 0.4) is 0 Å². The van der Waals surface area contributed by atoms with Crippen molar-refractivity contribution in [3.63, 3.8) is 0 Å². The monoisotopic (exact) mass is 176 g/mol. The first-order chi connectivity index (χ1) is 6.18. The van der Waals surface area contributed by atoms with Gasteiger partial charge in [0.25, 0.3) is 0 Å². The van der Waals surface area contributed by atoms with E-state index < -0.39 is 0 Å². The molecule has 1 aromatic rings. The molecule has 1 aliphatic rings. The fourth-order valence-electron chi connectivity index (χ4n) is 1.93. The van der Waals surface area contributed by atoms with Crippen LogP contribution in [0.4, 0.5) is 5.69 Å². The molecule has 13 heavy (non-hydrogen) atoms. The van der Waals surface area contributed by atoms with E-state index >= 15 is 0 Å². The average Bonchev–Trinajstić information content (AvgIpc) is 2.09. The highest BCUT2D eigenvalue weighted by Crippen LogP contribution is 2.26. The molecule has 0 spiro atoms. The normalized spacial score (nSPS) is 22.8. The molecule has 0 bridgehead atoms. The molecule has 0 aliphatic carbocycles. The van der Waals surface area contributed by atoms with Crippen molar-refractivity contribution in [1.29, 1.82) is 0 Å². The van der Waals surface area contributed by atoms with Gasteiger partial charge in [-0.2, -0.15) is 0 Å². The minimum atomic E-state index is 0.609. The quantitative estimate of drug-likeness (QED) is 0.609. The molecule has 1 atom stereocenters. The van der Waals surface area contributed by atoms with Crippen molar-refractivity contribution < 1.29 is 0 Å². The van der Waals surface area contributed by atoms with Gasteiger partial charge in [0, 0.05) is 18.3 Å². The highest BCUT2D eigenvalue weighted by Gasteiger charge is 2.20. The Morgan fingerprint density at radius 3 is 3.00 bits per heavy atom. The van der Waals surface area contributed by atoms with Gasteiger partial charge in [-0.3, -0.25) is 4.90 Å². The summed E-state index contributed by atoms with van der Waals surface area (Å²) in [4.78, 5) is 2.36. The zero-order valence-electron chi connectivity index (χ0n) is 8.25. The molecule has 1 aliphatic heterocycles. The van der Waals surface area contributed by atoms with Gasteiger partial charge < -0.3 is 5.73 Å². The highest BCUT2D eigenvalue weighted by molar-refractivity contribution is 5.52. The molecule has 70 valence electrons. The summed E-state index contributed by atoms with van der Waals surface area (Å²) in [7, 11) is 2.16. The first-order valence-electron chi connectivity index (χ1n) is 4.75. The summed E-state index contributed by atoms with van der Waals surface area (Å²) in [6, 6.07) is 6.82. The second kappa shape index (κ2) is 3.04. The van der Waals surface area contributed by atoms with Crippen LogP contribution in [0, 0.1) is 0 Å². The molecular formula is C11H16N2. The third-order valence-corrected chi connectivity index (χ3v) is 2.98. The molecule has 0 amide bonds. The lowest BCUT2D eigenvalue weighted by Crippen LogP contribution is -2.35. The Kier molecular flexibility index (Phi) is 2.00. The Morgan fingerprint density at radius 1 is 1.46 bits per heavy atom. The first-order valence-corrected chi connectivity index (χ1v) is 4.75.